The number of hydrogen-bond donors (Lipinski definition) is 1. The Balaban J connectivity index is 2.36. The van der Waals surface area contributed by atoms with Gasteiger partial charge in [0.1, 0.15) is 10.5 Å². The van der Waals surface area contributed by atoms with Gasteiger partial charge in [-0.05, 0) is 12.1 Å². The van der Waals surface area contributed by atoms with Crippen LogP contribution in [-0.4, -0.2) is 17.4 Å². The lowest BCUT2D eigenvalue weighted by Crippen LogP contribution is -2.10. The number of thiol groups is 1. The molecule has 0 aromatic heterocycles. The lowest BCUT2D eigenvalue weighted by molar-refractivity contribution is 0.365. The Morgan fingerprint density at radius 2 is 1.67 bits per heavy atom. The Morgan fingerprint density at radius 3 is 2.25 bits per heavy atom. The van der Waals surface area contributed by atoms with Crippen molar-refractivity contribution in [2.45, 2.75) is 4.90 Å². The monoisotopic (exact) mass is 186 g/mol. The lowest BCUT2D eigenvalue weighted by Gasteiger charge is -2.15. The van der Waals surface area contributed by atoms with Gasteiger partial charge in [0.25, 0.3) is 0 Å². The highest BCUT2D eigenvalue weighted by Gasteiger charge is 2.23. The van der Waals surface area contributed by atoms with Crippen LogP contribution in [0.5, 0.6) is 0 Å². The van der Waals surface area contributed by atoms with E-state index in [2.05, 4.69) is 0 Å². The SMILES string of the molecule is O=[SH]1(c2ccccc2)OCCO1. The molecule has 3 nitrogen and oxygen atoms in total. The Hall–Kier alpha value is -0.710. The Bertz CT molecular complexity index is 299. The van der Waals surface area contributed by atoms with Gasteiger partial charge in [-0.15, -0.1) is 0 Å². The van der Waals surface area contributed by atoms with Crippen LogP contribution in [0, 0.1) is 0 Å². The maximum Gasteiger partial charge on any atom is 0.104 e. The van der Waals surface area contributed by atoms with Gasteiger partial charge in [-0.1, -0.05) is 18.2 Å². The standard InChI is InChI=1S/C8H10O3S/c9-12(10-6-7-11-12)8-4-2-1-3-5-8/h1-5,12H,6-7H2. The zero-order valence-corrected chi connectivity index (χ0v) is 7.37. The zero-order chi connectivity index (χ0) is 8.44. The Kier molecular flexibility index (Phi) is 1.96. The fraction of sp³-hybridized carbons (Fsp3) is 0.250. The van der Waals surface area contributed by atoms with Gasteiger partial charge in [0.15, 0.2) is 0 Å². The van der Waals surface area contributed by atoms with E-state index in [1.165, 1.54) is 0 Å². The fourth-order valence-corrected chi connectivity index (χ4v) is 2.65. The predicted octanol–water partition coefficient (Wildman–Crippen LogP) is 0.939. The first-order valence-corrected chi connectivity index (χ1v) is 5.30. The molecule has 0 spiro atoms. The van der Waals surface area contributed by atoms with E-state index in [1.54, 1.807) is 12.1 Å². The summed E-state index contributed by atoms with van der Waals surface area (Å²) in [6.45, 7) is 0.846. The molecule has 1 heterocycles. The summed E-state index contributed by atoms with van der Waals surface area (Å²) in [6.07, 6.45) is 0. The molecular weight excluding hydrogens is 176 g/mol. The summed E-state index contributed by atoms with van der Waals surface area (Å²) in [5.74, 6) is 0. The largest absolute Gasteiger partial charge is 0.288 e. The number of benzene rings is 1. The number of rotatable bonds is 1. The minimum absolute atomic E-state index is 0.423. The van der Waals surface area contributed by atoms with E-state index in [0.717, 1.165) is 0 Å². The highest BCUT2D eigenvalue weighted by Crippen LogP contribution is 2.25. The van der Waals surface area contributed by atoms with E-state index in [4.69, 9.17) is 8.37 Å². The van der Waals surface area contributed by atoms with Gasteiger partial charge in [0.2, 0.25) is 0 Å². The number of hydrogen-bond acceptors (Lipinski definition) is 3. The molecule has 1 fully saturated rings. The van der Waals surface area contributed by atoms with E-state index in [9.17, 15) is 4.21 Å². The van der Waals surface area contributed by atoms with Crippen molar-refractivity contribution in [1.29, 1.82) is 0 Å². The summed E-state index contributed by atoms with van der Waals surface area (Å²) in [7, 11) is -2.92. The molecule has 4 heteroatoms. The lowest BCUT2D eigenvalue weighted by atomic mass is 10.4. The van der Waals surface area contributed by atoms with E-state index in [0.29, 0.717) is 18.1 Å². The molecular formula is C8H10O3S. The van der Waals surface area contributed by atoms with E-state index in [-0.39, 0.29) is 0 Å². The Labute approximate surface area is 72.1 Å². The van der Waals surface area contributed by atoms with Crippen LogP contribution in [-0.2, 0) is 18.9 Å². The summed E-state index contributed by atoms with van der Waals surface area (Å²) in [4.78, 5) is 0.641. The molecule has 0 aliphatic carbocycles. The summed E-state index contributed by atoms with van der Waals surface area (Å²) in [5, 5.41) is 0. The third-order valence-electron chi connectivity index (χ3n) is 1.68. The van der Waals surface area contributed by atoms with E-state index < -0.39 is 10.5 Å². The smallest absolute Gasteiger partial charge is 0.104 e. The minimum Gasteiger partial charge on any atom is -0.288 e. The highest BCUT2D eigenvalue weighted by atomic mass is 32.3. The first-order chi connectivity index (χ1) is 5.81. The first kappa shape index (κ1) is 7.91. The van der Waals surface area contributed by atoms with Crippen LogP contribution in [0.4, 0.5) is 0 Å². The molecule has 66 valence electrons. The van der Waals surface area contributed by atoms with Crippen LogP contribution in [0.15, 0.2) is 35.2 Å². The van der Waals surface area contributed by atoms with Crippen LogP contribution in [0.2, 0.25) is 0 Å². The molecule has 2 rings (SSSR count). The maximum absolute atomic E-state index is 11.8. The molecule has 0 unspecified atom stereocenters. The second-order valence-electron chi connectivity index (χ2n) is 2.50. The van der Waals surface area contributed by atoms with E-state index >= 15 is 0 Å². The summed E-state index contributed by atoms with van der Waals surface area (Å²) < 4.78 is 21.9. The van der Waals surface area contributed by atoms with Crippen LogP contribution >= 0.6 is 0 Å². The Morgan fingerprint density at radius 1 is 1.08 bits per heavy atom. The van der Waals surface area contributed by atoms with Crippen molar-refractivity contribution in [3.05, 3.63) is 30.3 Å². The second-order valence-corrected chi connectivity index (χ2v) is 4.53. The topological polar surface area (TPSA) is 35.5 Å². The summed E-state index contributed by atoms with van der Waals surface area (Å²) >= 11 is 0. The quantitative estimate of drug-likeness (QED) is 0.663. The van der Waals surface area contributed by atoms with Gasteiger partial charge in [0, 0.05) is 0 Å². The van der Waals surface area contributed by atoms with Gasteiger partial charge >= 0.3 is 0 Å². The minimum atomic E-state index is -2.92. The molecule has 12 heavy (non-hydrogen) atoms. The van der Waals surface area contributed by atoms with Crippen LogP contribution < -0.4 is 0 Å². The molecule has 1 aromatic rings. The summed E-state index contributed by atoms with van der Waals surface area (Å²) in [6, 6.07) is 9.02. The van der Waals surface area contributed by atoms with Crippen molar-refractivity contribution in [2.75, 3.05) is 13.2 Å². The van der Waals surface area contributed by atoms with Crippen molar-refractivity contribution in [2.24, 2.45) is 0 Å². The van der Waals surface area contributed by atoms with Gasteiger partial charge < -0.3 is 0 Å². The molecule has 0 saturated carbocycles. The van der Waals surface area contributed by atoms with Crippen LogP contribution in [0.1, 0.15) is 0 Å². The average Bonchev–Trinajstić information content (AvgIpc) is 2.55. The highest BCUT2D eigenvalue weighted by molar-refractivity contribution is 7.94. The van der Waals surface area contributed by atoms with Crippen LogP contribution in [0.3, 0.4) is 0 Å². The van der Waals surface area contributed by atoms with Crippen molar-refractivity contribution in [3.63, 3.8) is 0 Å². The van der Waals surface area contributed by atoms with Crippen molar-refractivity contribution in [1.82, 2.24) is 0 Å². The molecule has 1 aromatic carbocycles. The van der Waals surface area contributed by atoms with Crippen molar-refractivity contribution >= 4 is 10.5 Å². The van der Waals surface area contributed by atoms with Crippen molar-refractivity contribution < 1.29 is 12.6 Å². The van der Waals surface area contributed by atoms with Gasteiger partial charge in [0.05, 0.1) is 18.1 Å². The summed E-state index contributed by atoms with van der Waals surface area (Å²) in [5.41, 5.74) is 0. The molecule has 1 aliphatic heterocycles. The second kappa shape index (κ2) is 2.97. The first-order valence-electron chi connectivity index (χ1n) is 3.76. The molecule has 0 amide bonds. The molecule has 0 bridgehead atoms. The maximum atomic E-state index is 11.8. The molecule has 1 saturated heterocycles. The molecule has 0 atom stereocenters. The van der Waals surface area contributed by atoms with Crippen molar-refractivity contribution in [3.8, 4) is 0 Å². The third kappa shape index (κ3) is 1.29. The average molecular weight is 186 g/mol. The van der Waals surface area contributed by atoms with E-state index in [1.807, 2.05) is 18.2 Å². The third-order valence-corrected chi connectivity index (χ3v) is 3.65. The predicted molar refractivity (Wildman–Crippen MR) is 46.1 cm³/mol. The molecule has 1 aliphatic rings. The molecule has 0 N–H and O–H groups in total. The van der Waals surface area contributed by atoms with Gasteiger partial charge in [-0.25, -0.2) is 4.21 Å². The zero-order valence-electron chi connectivity index (χ0n) is 6.47. The fourth-order valence-electron chi connectivity index (χ4n) is 1.11. The van der Waals surface area contributed by atoms with Crippen LogP contribution in [0.25, 0.3) is 0 Å². The normalized spacial score (nSPS) is 23.7. The van der Waals surface area contributed by atoms with Gasteiger partial charge in [-0.2, -0.15) is 0 Å². The molecule has 0 radical (unpaired) electrons. The van der Waals surface area contributed by atoms with Gasteiger partial charge in [-0.3, -0.25) is 8.37 Å².